The van der Waals surface area contributed by atoms with Crippen LogP contribution < -0.4 is 0 Å². The third-order valence-electron chi connectivity index (χ3n) is 3.40. The Labute approximate surface area is 166 Å². The molecule has 2 aromatic carbocycles. The molecule has 1 aromatic heterocycles. The highest BCUT2D eigenvalue weighted by Gasteiger charge is 2.06. The first-order valence-corrected chi connectivity index (χ1v) is 9.85. The standard InChI is InChI=1S/C11H12O2S.C9H8N2.C2H6.H2/c1-8-3-5-10(6-4-8)11(13)7-14-9(2)12;1-7-2-3-8-9(6-7)11-5-4-10-8;1-2;/h3-6H,7H2,1-2H3;2-6H,1H3;1-2H3;1H. The molecule has 5 heteroatoms. The van der Waals surface area contributed by atoms with Gasteiger partial charge in [-0.05, 0) is 31.5 Å². The van der Waals surface area contributed by atoms with Crippen LogP contribution in [0.1, 0.15) is 43.7 Å². The van der Waals surface area contributed by atoms with Gasteiger partial charge in [-0.3, -0.25) is 19.6 Å². The van der Waals surface area contributed by atoms with Gasteiger partial charge >= 0.3 is 0 Å². The maximum Gasteiger partial charge on any atom is 0.186 e. The first kappa shape index (κ1) is 22.5. The number of aromatic nitrogens is 2. The monoisotopic (exact) mass is 384 g/mol. The van der Waals surface area contributed by atoms with Crippen molar-refractivity contribution in [2.24, 2.45) is 0 Å². The third kappa shape index (κ3) is 8.13. The van der Waals surface area contributed by atoms with Crippen molar-refractivity contribution in [2.75, 3.05) is 5.75 Å². The second-order valence-electron chi connectivity index (χ2n) is 5.62. The molecule has 0 radical (unpaired) electrons. The number of hydrogen-bond donors (Lipinski definition) is 0. The summed E-state index contributed by atoms with van der Waals surface area (Å²) in [5, 5.41) is -0.0227. The summed E-state index contributed by atoms with van der Waals surface area (Å²) in [6.45, 7) is 9.49. The van der Waals surface area contributed by atoms with E-state index in [4.69, 9.17) is 0 Å². The van der Waals surface area contributed by atoms with Crippen LogP contribution in [0.25, 0.3) is 11.0 Å². The minimum atomic E-state index is -0.0227. The van der Waals surface area contributed by atoms with Crippen LogP contribution in [0.3, 0.4) is 0 Å². The van der Waals surface area contributed by atoms with E-state index in [1.807, 2.05) is 58.0 Å². The zero-order valence-corrected chi connectivity index (χ0v) is 17.3. The number of aryl methyl sites for hydroxylation is 2. The Morgan fingerprint density at radius 1 is 0.889 bits per heavy atom. The van der Waals surface area contributed by atoms with E-state index in [-0.39, 0.29) is 18.1 Å². The van der Waals surface area contributed by atoms with Crippen molar-refractivity contribution >= 4 is 33.7 Å². The maximum atomic E-state index is 11.5. The second-order valence-corrected chi connectivity index (χ2v) is 6.77. The van der Waals surface area contributed by atoms with Crippen molar-refractivity contribution in [1.29, 1.82) is 0 Å². The number of benzene rings is 2. The fourth-order valence-corrected chi connectivity index (χ4v) is 2.56. The molecular formula is C22H28N2O2S. The lowest BCUT2D eigenvalue weighted by Crippen LogP contribution is -2.03. The van der Waals surface area contributed by atoms with Crippen molar-refractivity contribution in [3.8, 4) is 0 Å². The average Bonchev–Trinajstić information content (AvgIpc) is 2.68. The first-order valence-electron chi connectivity index (χ1n) is 8.86. The van der Waals surface area contributed by atoms with Gasteiger partial charge in [0.2, 0.25) is 0 Å². The van der Waals surface area contributed by atoms with Crippen molar-refractivity contribution in [3.63, 3.8) is 0 Å². The number of carbonyl (C=O) groups excluding carboxylic acids is 2. The van der Waals surface area contributed by atoms with Crippen LogP contribution in [0.5, 0.6) is 0 Å². The topological polar surface area (TPSA) is 59.9 Å². The van der Waals surface area contributed by atoms with Gasteiger partial charge in [0.1, 0.15) is 0 Å². The number of Topliss-reactive ketones (excluding diaryl/α,β-unsaturated/α-hetero) is 1. The number of hydrogen-bond acceptors (Lipinski definition) is 5. The second kappa shape index (κ2) is 12.0. The minimum Gasteiger partial charge on any atom is -0.293 e. The molecule has 0 aliphatic rings. The third-order valence-corrected chi connectivity index (χ3v) is 4.22. The molecule has 0 saturated carbocycles. The zero-order valence-electron chi connectivity index (χ0n) is 16.5. The fourth-order valence-electron chi connectivity index (χ4n) is 2.06. The largest absolute Gasteiger partial charge is 0.293 e. The van der Waals surface area contributed by atoms with Gasteiger partial charge in [0.15, 0.2) is 10.9 Å². The van der Waals surface area contributed by atoms with E-state index in [1.54, 1.807) is 24.5 Å². The number of ketones is 1. The van der Waals surface area contributed by atoms with Gasteiger partial charge in [-0.25, -0.2) is 0 Å². The smallest absolute Gasteiger partial charge is 0.186 e. The van der Waals surface area contributed by atoms with Crippen LogP contribution >= 0.6 is 11.8 Å². The first-order chi connectivity index (χ1) is 13.0. The lowest BCUT2D eigenvalue weighted by Gasteiger charge is -1.99. The highest BCUT2D eigenvalue weighted by Crippen LogP contribution is 2.10. The van der Waals surface area contributed by atoms with Crippen molar-refractivity contribution in [2.45, 2.75) is 34.6 Å². The Morgan fingerprint density at radius 3 is 2.04 bits per heavy atom. The average molecular weight is 385 g/mol. The van der Waals surface area contributed by atoms with Gasteiger partial charge in [0.05, 0.1) is 16.8 Å². The quantitative estimate of drug-likeness (QED) is 0.545. The zero-order chi connectivity index (χ0) is 20.2. The molecule has 0 aliphatic heterocycles. The van der Waals surface area contributed by atoms with E-state index < -0.39 is 0 Å². The number of rotatable bonds is 3. The number of nitrogens with zero attached hydrogens (tertiary/aromatic N) is 2. The molecule has 27 heavy (non-hydrogen) atoms. The Balaban J connectivity index is 0.000000471. The Kier molecular flexibility index (Phi) is 9.98. The van der Waals surface area contributed by atoms with E-state index in [0.29, 0.717) is 5.56 Å². The fraction of sp³-hybridized carbons (Fsp3) is 0.273. The molecule has 144 valence electrons. The molecule has 0 amide bonds. The summed E-state index contributed by atoms with van der Waals surface area (Å²) in [4.78, 5) is 30.5. The van der Waals surface area contributed by atoms with E-state index >= 15 is 0 Å². The van der Waals surface area contributed by atoms with E-state index in [1.165, 1.54) is 12.5 Å². The molecule has 3 rings (SSSR count). The molecule has 0 bridgehead atoms. The summed E-state index contributed by atoms with van der Waals surface area (Å²) in [5.74, 6) is 0.239. The molecule has 0 spiro atoms. The molecule has 0 aliphatic carbocycles. The van der Waals surface area contributed by atoms with Gasteiger partial charge in [-0.15, -0.1) is 0 Å². The van der Waals surface area contributed by atoms with E-state index in [2.05, 4.69) is 9.97 Å². The molecule has 0 saturated heterocycles. The molecule has 1 heterocycles. The summed E-state index contributed by atoms with van der Waals surface area (Å²) in [6.07, 6.45) is 3.42. The van der Waals surface area contributed by atoms with Crippen molar-refractivity contribution in [1.82, 2.24) is 9.97 Å². The van der Waals surface area contributed by atoms with Crippen LogP contribution in [0.4, 0.5) is 0 Å². The lowest BCUT2D eigenvalue weighted by atomic mass is 10.1. The molecule has 4 nitrogen and oxygen atoms in total. The highest BCUT2D eigenvalue weighted by atomic mass is 32.2. The van der Waals surface area contributed by atoms with Crippen LogP contribution in [0.2, 0.25) is 0 Å². The highest BCUT2D eigenvalue weighted by molar-refractivity contribution is 8.14. The van der Waals surface area contributed by atoms with Gasteiger partial charge < -0.3 is 0 Å². The molecule has 0 fully saturated rings. The lowest BCUT2D eigenvalue weighted by molar-refractivity contribution is -0.109. The maximum absolute atomic E-state index is 11.5. The van der Waals surface area contributed by atoms with Gasteiger partial charge in [0.25, 0.3) is 0 Å². The van der Waals surface area contributed by atoms with Crippen LogP contribution in [-0.4, -0.2) is 26.6 Å². The van der Waals surface area contributed by atoms with Crippen LogP contribution in [-0.2, 0) is 4.79 Å². The Bertz CT molecular complexity index is 883. The molecule has 3 aromatic rings. The molecular weight excluding hydrogens is 356 g/mol. The van der Waals surface area contributed by atoms with Crippen molar-refractivity contribution < 1.29 is 11.0 Å². The summed E-state index contributed by atoms with van der Waals surface area (Å²) in [5.41, 5.74) is 4.94. The number of carbonyl (C=O) groups is 2. The van der Waals surface area contributed by atoms with E-state index in [0.717, 1.165) is 28.4 Å². The van der Waals surface area contributed by atoms with Crippen molar-refractivity contribution in [3.05, 3.63) is 71.5 Å². The molecule has 0 N–H and O–H groups in total. The normalized spacial score (nSPS) is 9.52. The SMILES string of the molecule is CC.CC(=O)SCC(=O)c1ccc(C)cc1.Cc1ccc2nccnc2c1.[HH]. The number of thioether (sulfide) groups is 1. The van der Waals surface area contributed by atoms with Gasteiger partial charge in [-0.2, -0.15) is 0 Å². The predicted molar refractivity (Wildman–Crippen MR) is 116 cm³/mol. The Hall–Kier alpha value is -2.53. The minimum absolute atomic E-state index is 0. The van der Waals surface area contributed by atoms with Crippen LogP contribution in [0, 0.1) is 13.8 Å². The van der Waals surface area contributed by atoms with Crippen LogP contribution in [0.15, 0.2) is 54.9 Å². The summed E-state index contributed by atoms with van der Waals surface area (Å²) in [7, 11) is 0. The summed E-state index contributed by atoms with van der Waals surface area (Å²) < 4.78 is 0. The summed E-state index contributed by atoms with van der Waals surface area (Å²) >= 11 is 1.05. The molecule has 0 unspecified atom stereocenters. The van der Waals surface area contributed by atoms with E-state index in [9.17, 15) is 9.59 Å². The van der Waals surface area contributed by atoms with Gasteiger partial charge in [-0.1, -0.05) is 61.5 Å². The Morgan fingerprint density at radius 2 is 1.44 bits per heavy atom. The number of fused-ring (bicyclic) bond motifs is 1. The van der Waals surface area contributed by atoms with Gasteiger partial charge in [0, 0.05) is 26.3 Å². The predicted octanol–water partition coefficient (Wildman–Crippen LogP) is 5.67. The molecule has 0 atom stereocenters. The summed E-state index contributed by atoms with van der Waals surface area (Å²) in [6, 6.07) is 13.4.